The highest BCUT2D eigenvalue weighted by atomic mass is 32.1. The molecule has 2 nitrogen and oxygen atoms in total. The molecule has 0 aliphatic rings. The van der Waals surface area contributed by atoms with E-state index >= 15 is 0 Å². The zero-order valence-electron chi connectivity index (χ0n) is 8.91. The van der Waals surface area contributed by atoms with Crippen LogP contribution in [0.15, 0.2) is 29.1 Å². The van der Waals surface area contributed by atoms with E-state index in [0.29, 0.717) is 11.8 Å². The standard InChI is InChI=1S/C11H8F4N2S/c12-8-3-6(1-2-7(8)11(13,14)15)10(16)9-4-18-5-17-9/h1-5,10H,16H2. The Morgan fingerprint density at radius 2 is 2.00 bits per heavy atom. The number of hydrogen-bond donors (Lipinski definition) is 1. The van der Waals surface area contributed by atoms with Gasteiger partial charge in [-0.2, -0.15) is 13.2 Å². The highest BCUT2D eigenvalue weighted by Gasteiger charge is 2.34. The summed E-state index contributed by atoms with van der Waals surface area (Å²) >= 11 is 1.31. The molecule has 1 unspecified atom stereocenters. The molecule has 1 aromatic carbocycles. The first kappa shape index (κ1) is 13.0. The quantitative estimate of drug-likeness (QED) is 0.854. The van der Waals surface area contributed by atoms with Crippen molar-refractivity contribution >= 4 is 11.3 Å². The fourth-order valence-corrected chi connectivity index (χ4v) is 2.09. The van der Waals surface area contributed by atoms with Crippen molar-refractivity contribution in [3.05, 3.63) is 51.7 Å². The SMILES string of the molecule is NC(c1ccc(C(F)(F)F)c(F)c1)c1cscn1. The van der Waals surface area contributed by atoms with E-state index in [9.17, 15) is 17.6 Å². The summed E-state index contributed by atoms with van der Waals surface area (Å²) in [5.41, 5.74) is 6.80. The Kier molecular flexibility index (Phi) is 3.36. The van der Waals surface area contributed by atoms with Crippen LogP contribution < -0.4 is 5.73 Å². The van der Waals surface area contributed by atoms with Crippen LogP contribution in [0.1, 0.15) is 22.9 Å². The first-order chi connectivity index (χ1) is 8.39. The molecule has 0 aliphatic carbocycles. The third kappa shape index (κ3) is 2.51. The first-order valence-electron chi connectivity index (χ1n) is 4.90. The summed E-state index contributed by atoms with van der Waals surface area (Å²) in [5, 5.41) is 1.67. The van der Waals surface area contributed by atoms with E-state index in [0.717, 1.165) is 12.1 Å². The van der Waals surface area contributed by atoms with E-state index in [2.05, 4.69) is 4.98 Å². The molecule has 0 fully saturated rings. The zero-order valence-corrected chi connectivity index (χ0v) is 9.73. The lowest BCUT2D eigenvalue weighted by atomic mass is 10.0. The minimum Gasteiger partial charge on any atom is -0.319 e. The molecule has 18 heavy (non-hydrogen) atoms. The Balaban J connectivity index is 2.35. The van der Waals surface area contributed by atoms with Crippen molar-refractivity contribution in [2.45, 2.75) is 12.2 Å². The smallest absolute Gasteiger partial charge is 0.319 e. The van der Waals surface area contributed by atoms with Crippen LogP contribution in [0.2, 0.25) is 0 Å². The number of benzene rings is 1. The van der Waals surface area contributed by atoms with Gasteiger partial charge in [-0.05, 0) is 17.7 Å². The van der Waals surface area contributed by atoms with Crippen molar-refractivity contribution in [3.8, 4) is 0 Å². The number of hydrogen-bond acceptors (Lipinski definition) is 3. The summed E-state index contributed by atoms with van der Waals surface area (Å²) < 4.78 is 50.5. The van der Waals surface area contributed by atoms with Gasteiger partial charge in [0.25, 0.3) is 0 Å². The van der Waals surface area contributed by atoms with Crippen LogP contribution >= 0.6 is 11.3 Å². The lowest BCUT2D eigenvalue weighted by Crippen LogP contribution is -2.14. The molecule has 0 saturated heterocycles. The number of nitrogens with two attached hydrogens (primary N) is 1. The molecule has 0 bridgehead atoms. The zero-order chi connectivity index (χ0) is 13.3. The second kappa shape index (κ2) is 4.66. The Hall–Kier alpha value is -1.47. The summed E-state index contributed by atoms with van der Waals surface area (Å²) in [6, 6.07) is 1.92. The number of halogens is 4. The number of thiazole rings is 1. The van der Waals surface area contributed by atoms with Crippen LogP contribution in [0.5, 0.6) is 0 Å². The number of rotatable bonds is 2. The summed E-state index contributed by atoms with van der Waals surface area (Å²) in [6.07, 6.45) is -4.70. The van der Waals surface area contributed by atoms with Crippen molar-refractivity contribution in [1.29, 1.82) is 0 Å². The molecule has 7 heteroatoms. The molecule has 0 aliphatic heterocycles. The van der Waals surface area contributed by atoms with Gasteiger partial charge in [0.05, 0.1) is 22.8 Å². The fourth-order valence-electron chi connectivity index (χ4n) is 1.50. The van der Waals surface area contributed by atoms with Crippen molar-refractivity contribution in [3.63, 3.8) is 0 Å². The van der Waals surface area contributed by atoms with Crippen LogP contribution in [0, 0.1) is 5.82 Å². The van der Waals surface area contributed by atoms with Gasteiger partial charge >= 0.3 is 6.18 Å². The predicted molar refractivity (Wildman–Crippen MR) is 59.5 cm³/mol. The Morgan fingerprint density at radius 3 is 2.50 bits per heavy atom. The van der Waals surface area contributed by atoms with Crippen LogP contribution in [0.25, 0.3) is 0 Å². The van der Waals surface area contributed by atoms with E-state index in [1.54, 1.807) is 10.9 Å². The molecular weight excluding hydrogens is 268 g/mol. The van der Waals surface area contributed by atoms with Crippen molar-refractivity contribution in [2.75, 3.05) is 0 Å². The summed E-state index contributed by atoms with van der Waals surface area (Å²) in [4.78, 5) is 3.94. The third-order valence-corrected chi connectivity index (χ3v) is 3.03. The number of aromatic nitrogens is 1. The summed E-state index contributed by atoms with van der Waals surface area (Å²) in [5.74, 6) is -1.33. The molecule has 0 saturated carbocycles. The van der Waals surface area contributed by atoms with Crippen LogP contribution in [-0.2, 0) is 6.18 Å². The monoisotopic (exact) mass is 276 g/mol. The van der Waals surface area contributed by atoms with Crippen LogP contribution in [0.3, 0.4) is 0 Å². The van der Waals surface area contributed by atoms with Crippen molar-refractivity contribution in [2.24, 2.45) is 5.73 Å². The van der Waals surface area contributed by atoms with Crippen LogP contribution in [0.4, 0.5) is 17.6 Å². The van der Waals surface area contributed by atoms with Gasteiger partial charge in [0, 0.05) is 5.38 Å². The molecule has 2 rings (SSSR count). The highest BCUT2D eigenvalue weighted by molar-refractivity contribution is 7.07. The largest absolute Gasteiger partial charge is 0.419 e. The third-order valence-electron chi connectivity index (χ3n) is 2.43. The summed E-state index contributed by atoms with van der Waals surface area (Å²) in [6.45, 7) is 0. The Bertz CT molecular complexity index is 536. The van der Waals surface area contributed by atoms with Crippen LogP contribution in [-0.4, -0.2) is 4.98 Å². The molecule has 0 radical (unpaired) electrons. The lowest BCUT2D eigenvalue weighted by molar-refractivity contribution is -0.140. The van der Waals surface area contributed by atoms with Gasteiger partial charge in [-0.3, -0.25) is 0 Å². The van der Waals surface area contributed by atoms with E-state index in [1.165, 1.54) is 11.3 Å². The van der Waals surface area contributed by atoms with Crippen molar-refractivity contribution < 1.29 is 17.6 Å². The number of nitrogens with zero attached hydrogens (tertiary/aromatic N) is 1. The first-order valence-corrected chi connectivity index (χ1v) is 5.84. The lowest BCUT2D eigenvalue weighted by Gasteiger charge is -2.12. The minimum atomic E-state index is -4.70. The average molecular weight is 276 g/mol. The molecule has 1 heterocycles. The molecule has 2 N–H and O–H groups in total. The topological polar surface area (TPSA) is 38.9 Å². The van der Waals surface area contributed by atoms with Gasteiger partial charge in [0.1, 0.15) is 5.82 Å². The second-order valence-corrected chi connectivity index (χ2v) is 4.35. The maximum atomic E-state index is 13.4. The maximum absolute atomic E-state index is 13.4. The molecule has 2 aromatic rings. The highest BCUT2D eigenvalue weighted by Crippen LogP contribution is 2.32. The molecule has 96 valence electrons. The molecule has 1 aromatic heterocycles. The Morgan fingerprint density at radius 1 is 1.28 bits per heavy atom. The summed E-state index contributed by atoms with van der Waals surface area (Å²) in [7, 11) is 0. The molecular formula is C11H8F4N2S. The van der Waals surface area contributed by atoms with E-state index in [4.69, 9.17) is 5.73 Å². The second-order valence-electron chi connectivity index (χ2n) is 3.63. The van der Waals surface area contributed by atoms with Gasteiger partial charge in [0.2, 0.25) is 0 Å². The molecule has 0 spiro atoms. The van der Waals surface area contributed by atoms with E-state index < -0.39 is 23.6 Å². The number of alkyl halides is 3. The van der Waals surface area contributed by atoms with Gasteiger partial charge < -0.3 is 5.73 Å². The minimum absolute atomic E-state index is 0.256. The van der Waals surface area contributed by atoms with E-state index in [-0.39, 0.29) is 5.56 Å². The van der Waals surface area contributed by atoms with Gasteiger partial charge in [0.15, 0.2) is 0 Å². The maximum Gasteiger partial charge on any atom is 0.419 e. The Labute approximate surface area is 104 Å². The van der Waals surface area contributed by atoms with Crippen molar-refractivity contribution in [1.82, 2.24) is 4.98 Å². The molecule has 0 amide bonds. The normalized spacial score (nSPS) is 13.6. The van der Waals surface area contributed by atoms with Gasteiger partial charge in [-0.15, -0.1) is 11.3 Å². The fraction of sp³-hybridized carbons (Fsp3) is 0.182. The average Bonchev–Trinajstić information content (AvgIpc) is 2.79. The van der Waals surface area contributed by atoms with E-state index in [1.807, 2.05) is 0 Å². The molecule has 1 atom stereocenters. The van der Waals surface area contributed by atoms with Gasteiger partial charge in [-0.1, -0.05) is 6.07 Å². The predicted octanol–water partition coefficient (Wildman–Crippen LogP) is 3.35. The van der Waals surface area contributed by atoms with Gasteiger partial charge in [-0.25, -0.2) is 9.37 Å².